The van der Waals surface area contributed by atoms with Crippen molar-refractivity contribution < 1.29 is 42.0 Å². The third-order valence-electron chi connectivity index (χ3n) is 5.73. The molecule has 0 aliphatic heterocycles. The molecule has 14 heteroatoms. The van der Waals surface area contributed by atoms with Crippen LogP contribution in [-0.4, -0.2) is 56.0 Å². The van der Waals surface area contributed by atoms with Gasteiger partial charge < -0.3 is 29.9 Å². The number of carbonyl (C=O) groups is 2. The maximum atomic E-state index is 14.0. The van der Waals surface area contributed by atoms with Gasteiger partial charge >= 0.3 is 6.18 Å². The fourth-order valence-electron chi connectivity index (χ4n) is 3.73. The van der Waals surface area contributed by atoms with Gasteiger partial charge in [-0.1, -0.05) is 52.8 Å². The Bertz CT molecular complexity index is 1530. The zero-order valence-electron chi connectivity index (χ0n) is 22.0. The van der Waals surface area contributed by atoms with Crippen LogP contribution in [-0.2, 0) is 22.2 Å². The number of aliphatic hydroxyl groups is 1. The highest BCUT2D eigenvalue weighted by Crippen LogP contribution is 2.43. The van der Waals surface area contributed by atoms with E-state index in [2.05, 4.69) is 25.9 Å². The van der Waals surface area contributed by atoms with Crippen molar-refractivity contribution in [1.29, 1.82) is 0 Å². The molecule has 0 atom stereocenters. The van der Waals surface area contributed by atoms with E-state index >= 15 is 0 Å². The van der Waals surface area contributed by atoms with Gasteiger partial charge in [0.25, 0.3) is 5.89 Å². The largest absolute Gasteiger partial charge is 0.508 e. The van der Waals surface area contributed by atoms with Crippen molar-refractivity contribution in [3.8, 4) is 40.0 Å². The van der Waals surface area contributed by atoms with Gasteiger partial charge in [-0.25, -0.2) is 0 Å². The number of phenolic OH excluding ortho intramolecular Hbond substituents is 1. The molecule has 0 aliphatic carbocycles. The smallest absolute Gasteiger partial charge is 0.422 e. The lowest BCUT2D eigenvalue weighted by atomic mass is 10.1. The van der Waals surface area contributed by atoms with E-state index in [1.807, 2.05) is 0 Å². The molecule has 0 radical (unpaired) electrons. The molecule has 0 spiro atoms. The first-order valence-electron chi connectivity index (χ1n) is 12.4. The molecule has 0 fully saturated rings. The van der Waals surface area contributed by atoms with Gasteiger partial charge in [0.1, 0.15) is 17.0 Å². The summed E-state index contributed by atoms with van der Waals surface area (Å²) in [4.78, 5) is 28.0. The highest BCUT2D eigenvalue weighted by atomic mass is 19.4. The van der Waals surface area contributed by atoms with Crippen LogP contribution in [0.2, 0.25) is 0 Å². The molecule has 2 aromatic carbocycles. The number of amides is 2. The monoisotopic (exact) mass is 573 g/mol. The Morgan fingerprint density at radius 3 is 2.34 bits per heavy atom. The second-order valence-corrected chi connectivity index (χ2v) is 9.73. The first-order valence-corrected chi connectivity index (χ1v) is 12.4. The minimum Gasteiger partial charge on any atom is -0.508 e. The standard InChI is InChI=1S/C27H26F3N5O6/c1-26(2,39)14-32-19(37)10-11-31-20(38)13-16-8-9-17(12-18(16)36)24-33-25(41-35-24)23-21(27(28,29)30)22(34-40-23)15-6-4-3-5-7-15/h3-9,12,36,39H,10-11,13-14H2,1-2H3,(H,31,38)(H,32,37). The van der Waals surface area contributed by atoms with Gasteiger partial charge in [0.05, 0.1) is 12.0 Å². The highest BCUT2D eigenvalue weighted by Gasteiger charge is 2.43. The number of nitrogens with zero attached hydrogens (tertiary/aromatic N) is 3. The minimum absolute atomic E-state index is 0.000978. The molecule has 216 valence electrons. The van der Waals surface area contributed by atoms with Crippen LogP contribution in [0.15, 0.2) is 57.6 Å². The Hall–Kier alpha value is -4.72. The number of nitrogens with one attached hydrogen (secondary N) is 2. The van der Waals surface area contributed by atoms with Crippen molar-refractivity contribution in [1.82, 2.24) is 25.9 Å². The Labute approximate surface area is 231 Å². The number of hydrogen-bond acceptors (Lipinski definition) is 9. The van der Waals surface area contributed by atoms with Gasteiger partial charge in [-0.05, 0) is 19.9 Å². The first kappa shape index (κ1) is 29.3. The molecule has 2 heterocycles. The number of aromatic hydroxyl groups is 1. The van der Waals surface area contributed by atoms with E-state index in [9.17, 15) is 33.0 Å². The minimum atomic E-state index is -4.84. The van der Waals surface area contributed by atoms with Gasteiger partial charge in [-0.2, -0.15) is 18.2 Å². The predicted molar refractivity (Wildman–Crippen MR) is 138 cm³/mol. The van der Waals surface area contributed by atoms with Gasteiger partial charge in [-0.15, -0.1) is 0 Å². The Kier molecular flexibility index (Phi) is 8.42. The number of benzene rings is 2. The summed E-state index contributed by atoms with van der Waals surface area (Å²) in [6.07, 6.45) is -5.04. The number of alkyl halides is 3. The number of aromatic nitrogens is 3. The Balaban J connectivity index is 1.43. The van der Waals surface area contributed by atoms with Crippen LogP contribution in [0.3, 0.4) is 0 Å². The summed E-state index contributed by atoms with van der Waals surface area (Å²) < 4.78 is 51.9. The van der Waals surface area contributed by atoms with Crippen LogP contribution in [0.5, 0.6) is 5.75 Å². The summed E-state index contributed by atoms with van der Waals surface area (Å²) in [6.45, 7) is 3.21. The fraction of sp³-hybridized carbons (Fsp3) is 0.296. The van der Waals surface area contributed by atoms with E-state index in [1.54, 1.807) is 32.0 Å². The van der Waals surface area contributed by atoms with Crippen LogP contribution in [0.1, 0.15) is 31.4 Å². The van der Waals surface area contributed by atoms with Gasteiger partial charge in [-0.3, -0.25) is 9.59 Å². The summed E-state index contributed by atoms with van der Waals surface area (Å²) in [5, 5.41) is 32.5. The van der Waals surface area contributed by atoms with Crippen molar-refractivity contribution in [2.45, 2.75) is 38.5 Å². The van der Waals surface area contributed by atoms with Gasteiger partial charge in [0, 0.05) is 36.2 Å². The predicted octanol–water partition coefficient (Wildman–Crippen LogP) is 3.72. The van der Waals surface area contributed by atoms with E-state index in [1.165, 1.54) is 30.3 Å². The Morgan fingerprint density at radius 1 is 0.951 bits per heavy atom. The quantitative estimate of drug-likeness (QED) is 0.221. The summed E-state index contributed by atoms with van der Waals surface area (Å²) in [5.74, 6) is -2.52. The molecule has 2 aromatic heterocycles. The molecule has 0 bridgehead atoms. The second-order valence-electron chi connectivity index (χ2n) is 9.73. The highest BCUT2D eigenvalue weighted by molar-refractivity contribution is 5.81. The summed E-state index contributed by atoms with van der Waals surface area (Å²) in [6, 6.07) is 11.8. The van der Waals surface area contributed by atoms with Crippen LogP contribution < -0.4 is 10.6 Å². The van der Waals surface area contributed by atoms with E-state index in [4.69, 9.17) is 9.05 Å². The van der Waals surface area contributed by atoms with E-state index < -0.39 is 40.6 Å². The van der Waals surface area contributed by atoms with Crippen LogP contribution >= 0.6 is 0 Å². The average Bonchev–Trinajstić information content (AvgIpc) is 3.57. The lowest BCUT2D eigenvalue weighted by molar-refractivity contribution is -0.137. The molecule has 0 unspecified atom stereocenters. The number of carbonyl (C=O) groups excluding carboxylic acids is 2. The SMILES string of the molecule is CC(C)(O)CNC(=O)CCNC(=O)Cc1ccc(-c2noc(-c3onc(-c4ccccc4)c3C(F)(F)F)n2)cc1O. The van der Waals surface area contributed by atoms with Crippen molar-refractivity contribution in [3.63, 3.8) is 0 Å². The maximum absolute atomic E-state index is 14.0. The molecular weight excluding hydrogens is 547 g/mol. The third kappa shape index (κ3) is 7.48. The molecule has 0 saturated heterocycles. The van der Waals surface area contributed by atoms with Gasteiger partial charge in [0.2, 0.25) is 23.4 Å². The molecule has 4 N–H and O–H groups in total. The number of hydrogen-bond donors (Lipinski definition) is 4. The summed E-state index contributed by atoms with van der Waals surface area (Å²) in [5.41, 5.74) is -2.00. The van der Waals surface area contributed by atoms with Crippen molar-refractivity contribution in [2.75, 3.05) is 13.1 Å². The number of halogens is 3. The summed E-state index contributed by atoms with van der Waals surface area (Å²) in [7, 11) is 0. The van der Waals surface area contributed by atoms with E-state index in [0.717, 1.165) is 0 Å². The Morgan fingerprint density at radius 2 is 1.68 bits per heavy atom. The van der Waals surface area contributed by atoms with Crippen molar-refractivity contribution in [3.05, 3.63) is 59.7 Å². The number of rotatable bonds is 10. The molecule has 41 heavy (non-hydrogen) atoms. The first-order chi connectivity index (χ1) is 19.3. The van der Waals surface area contributed by atoms with Crippen molar-refractivity contribution >= 4 is 11.8 Å². The second kappa shape index (κ2) is 11.8. The molecule has 0 saturated carbocycles. The van der Waals surface area contributed by atoms with Crippen LogP contribution in [0.4, 0.5) is 13.2 Å². The third-order valence-corrected chi connectivity index (χ3v) is 5.73. The summed E-state index contributed by atoms with van der Waals surface area (Å²) >= 11 is 0. The molecule has 11 nitrogen and oxygen atoms in total. The van der Waals surface area contributed by atoms with Gasteiger partial charge in [0.15, 0.2) is 0 Å². The topological polar surface area (TPSA) is 164 Å². The molecule has 2 amide bonds. The molecule has 4 aromatic rings. The lowest BCUT2D eigenvalue weighted by Gasteiger charge is -2.17. The number of phenols is 1. The zero-order valence-corrected chi connectivity index (χ0v) is 22.0. The van der Waals surface area contributed by atoms with E-state index in [0.29, 0.717) is 0 Å². The van der Waals surface area contributed by atoms with Crippen LogP contribution in [0, 0.1) is 0 Å². The fourth-order valence-corrected chi connectivity index (χ4v) is 3.73. The molecule has 4 rings (SSSR count). The average molecular weight is 574 g/mol. The van der Waals surface area contributed by atoms with E-state index in [-0.39, 0.29) is 60.1 Å². The molecular formula is C27H26F3N5O6. The zero-order chi connectivity index (χ0) is 29.8. The van der Waals surface area contributed by atoms with Crippen LogP contribution in [0.25, 0.3) is 34.3 Å². The maximum Gasteiger partial charge on any atom is 0.422 e. The lowest BCUT2D eigenvalue weighted by Crippen LogP contribution is -2.39. The normalized spacial score (nSPS) is 11.9. The molecule has 0 aliphatic rings. The van der Waals surface area contributed by atoms with Crippen molar-refractivity contribution in [2.24, 2.45) is 0 Å².